The van der Waals surface area contributed by atoms with Crippen LogP contribution in [0.4, 0.5) is 0 Å². The second kappa shape index (κ2) is 10.9. The zero-order valence-corrected chi connectivity index (χ0v) is 20.7. The van der Waals surface area contributed by atoms with Crippen LogP contribution in [0.5, 0.6) is 17.2 Å². The maximum absolute atomic E-state index is 13.2. The molecular weight excluding hydrogens is 536 g/mol. The number of rotatable bonds is 7. The van der Waals surface area contributed by atoms with Crippen molar-refractivity contribution in [3.63, 3.8) is 0 Å². The average Bonchev–Trinajstić information content (AvgIpc) is 3.24. The molecule has 2 aliphatic rings. The van der Waals surface area contributed by atoms with E-state index < -0.39 is 79.7 Å². The third-order valence-electron chi connectivity index (χ3n) is 6.96. The molecule has 0 radical (unpaired) electrons. The number of hydrogen-bond acceptors (Lipinski definition) is 14. The minimum atomic E-state index is -1.95. The van der Waals surface area contributed by atoms with Gasteiger partial charge in [-0.05, 0) is 29.8 Å². The molecule has 2 aliphatic heterocycles. The van der Waals surface area contributed by atoms with Crippen molar-refractivity contribution < 1.29 is 64.2 Å². The van der Waals surface area contributed by atoms with Gasteiger partial charge in [0.1, 0.15) is 48.1 Å². The van der Waals surface area contributed by atoms with Gasteiger partial charge in [-0.1, -0.05) is 12.1 Å². The predicted octanol–water partition coefficient (Wildman–Crippen LogP) is -1.49. The van der Waals surface area contributed by atoms with Crippen LogP contribution in [0.3, 0.4) is 0 Å². The number of aliphatic hydroxyl groups is 6. The highest BCUT2D eigenvalue weighted by molar-refractivity contribution is 5.88. The largest absolute Gasteiger partial charge is 0.508 e. The molecule has 8 atom stereocenters. The highest BCUT2D eigenvalue weighted by Gasteiger charge is 2.50. The number of aromatic hydroxyl groups is 2. The van der Waals surface area contributed by atoms with Gasteiger partial charge >= 0.3 is 0 Å². The molecule has 40 heavy (non-hydrogen) atoms. The Labute approximate surface area is 225 Å². The Morgan fingerprint density at radius 3 is 2.35 bits per heavy atom. The van der Waals surface area contributed by atoms with Crippen molar-refractivity contribution in [2.75, 3.05) is 19.8 Å². The number of phenolic OH excluding ortho intramolecular Hbond substituents is 2. The normalized spacial score (nSPS) is 32.4. The first-order valence-corrected chi connectivity index (χ1v) is 12.2. The number of phenols is 2. The minimum Gasteiger partial charge on any atom is -0.508 e. The fourth-order valence-corrected chi connectivity index (χ4v) is 4.51. The first kappa shape index (κ1) is 28.2. The van der Waals surface area contributed by atoms with E-state index in [0.717, 1.165) is 12.3 Å². The molecule has 0 saturated carbocycles. The van der Waals surface area contributed by atoms with Gasteiger partial charge in [0.15, 0.2) is 17.6 Å². The van der Waals surface area contributed by atoms with E-state index >= 15 is 0 Å². The molecule has 2 saturated heterocycles. The Morgan fingerprint density at radius 2 is 1.68 bits per heavy atom. The lowest BCUT2D eigenvalue weighted by Gasteiger charge is -2.40. The molecule has 3 aromatic rings. The van der Waals surface area contributed by atoms with Gasteiger partial charge in [0.2, 0.25) is 17.5 Å². The zero-order chi connectivity index (χ0) is 28.8. The predicted molar refractivity (Wildman–Crippen MR) is 132 cm³/mol. The van der Waals surface area contributed by atoms with Crippen molar-refractivity contribution >= 4 is 11.0 Å². The van der Waals surface area contributed by atoms with Gasteiger partial charge in [0, 0.05) is 0 Å². The number of fused-ring (bicyclic) bond motifs is 1. The van der Waals surface area contributed by atoms with Crippen LogP contribution >= 0.6 is 0 Å². The van der Waals surface area contributed by atoms with Gasteiger partial charge in [0.05, 0.1) is 30.8 Å². The third kappa shape index (κ3) is 5.01. The molecule has 216 valence electrons. The summed E-state index contributed by atoms with van der Waals surface area (Å²) in [4.78, 5) is 13.2. The van der Waals surface area contributed by atoms with Crippen molar-refractivity contribution in [1.82, 2.24) is 0 Å². The van der Waals surface area contributed by atoms with E-state index in [1.54, 1.807) is 0 Å². The molecule has 0 aliphatic carbocycles. The second-order valence-electron chi connectivity index (χ2n) is 9.67. The summed E-state index contributed by atoms with van der Waals surface area (Å²) in [6.07, 6.45) is -10.2. The molecule has 8 N–H and O–H groups in total. The number of benzene rings is 2. The standard InChI is InChI=1S/C26H28O14/c27-9-26(35)10-38-25(23(26)34)37-8-16-18(31)19(32)20(33)24(39-16)40-22-15(29)6-5-13-17(30)14(7-36-21(13)22)11-1-3-12(28)4-2-11/h1-7,16,18-20,23-25,27-29,31-35H,8-10H2/t16-,18-,19+,20-,23+,24+,25-,26?/m1/s1. The third-order valence-corrected chi connectivity index (χ3v) is 6.96. The smallest absolute Gasteiger partial charge is 0.229 e. The summed E-state index contributed by atoms with van der Waals surface area (Å²) >= 11 is 0. The van der Waals surface area contributed by atoms with Crippen molar-refractivity contribution in [3.05, 3.63) is 52.9 Å². The Bertz CT molecular complexity index is 1410. The zero-order valence-electron chi connectivity index (χ0n) is 20.7. The topological polar surface area (TPSA) is 229 Å². The maximum Gasteiger partial charge on any atom is 0.229 e. The van der Waals surface area contributed by atoms with E-state index in [2.05, 4.69) is 0 Å². The van der Waals surface area contributed by atoms with Gasteiger partial charge in [0.25, 0.3) is 0 Å². The van der Waals surface area contributed by atoms with E-state index in [1.807, 2.05) is 0 Å². The van der Waals surface area contributed by atoms with Gasteiger partial charge in [-0.2, -0.15) is 0 Å². The van der Waals surface area contributed by atoms with E-state index in [9.17, 15) is 45.6 Å². The number of ether oxygens (including phenoxy) is 4. The lowest BCUT2D eigenvalue weighted by Crippen LogP contribution is -2.60. The summed E-state index contributed by atoms with van der Waals surface area (Å²) in [7, 11) is 0. The fraction of sp³-hybridized carbons (Fsp3) is 0.423. The summed E-state index contributed by atoms with van der Waals surface area (Å²) < 4.78 is 27.4. The van der Waals surface area contributed by atoms with Crippen LogP contribution in [0, 0.1) is 0 Å². The van der Waals surface area contributed by atoms with E-state index in [0.29, 0.717) is 5.56 Å². The summed E-state index contributed by atoms with van der Waals surface area (Å²) in [5.74, 6) is -0.861. The molecule has 0 bridgehead atoms. The van der Waals surface area contributed by atoms with E-state index in [-0.39, 0.29) is 28.0 Å². The minimum absolute atomic E-state index is 0.00730. The Hall–Kier alpha value is -3.31. The molecule has 3 heterocycles. The summed E-state index contributed by atoms with van der Waals surface area (Å²) in [6.45, 7) is -1.73. The van der Waals surface area contributed by atoms with Crippen molar-refractivity contribution in [1.29, 1.82) is 0 Å². The molecule has 2 fully saturated rings. The molecule has 0 spiro atoms. The van der Waals surface area contributed by atoms with Crippen LogP contribution < -0.4 is 10.2 Å². The molecule has 1 aromatic heterocycles. The quantitative estimate of drug-likeness (QED) is 0.164. The van der Waals surface area contributed by atoms with Crippen molar-refractivity contribution in [3.8, 4) is 28.4 Å². The monoisotopic (exact) mass is 564 g/mol. The molecule has 0 amide bonds. The average molecular weight is 564 g/mol. The van der Waals surface area contributed by atoms with Gasteiger partial charge in [-0.25, -0.2) is 0 Å². The molecule has 14 nitrogen and oxygen atoms in total. The summed E-state index contributed by atoms with van der Waals surface area (Å²) in [5.41, 5.74) is -2.00. The van der Waals surface area contributed by atoms with Crippen molar-refractivity contribution in [2.24, 2.45) is 0 Å². The highest BCUT2D eigenvalue weighted by atomic mass is 16.7. The second-order valence-corrected chi connectivity index (χ2v) is 9.67. The van der Waals surface area contributed by atoms with Crippen LogP contribution in [-0.4, -0.2) is 109 Å². The van der Waals surface area contributed by atoms with Crippen LogP contribution in [-0.2, 0) is 14.2 Å². The number of aliphatic hydroxyl groups excluding tert-OH is 5. The van der Waals surface area contributed by atoms with Gasteiger partial charge in [-0.15, -0.1) is 0 Å². The first-order chi connectivity index (χ1) is 19.0. The fourth-order valence-electron chi connectivity index (χ4n) is 4.51. The SMILES string of the molecule is O=c1c(-c2ccc(O)cc2)coc2c(O[C@@H]3O[C@H](CO[C@@H]4OCC(O)(CO)[C@H]4O)[C@@H](O)[C@H](O)[C@H]3O)c(O)ccc12. The maximum atomic E-state index is 13.2. The number of hydrogen-bond donors (Lipinski definition) is 8. The molecular formula is C26H28O14. The molecule has 2 aromatic carbocycles. The van der Waals surface area contributed by atoms with Gasteiger partial charge in [-0.3, -0.25) is 4.79 Å². The van der Waals surface area contributed by atoms with Crippen LogP contribution in [0.1, 0.15) is 0 Å². The molecule has 1 unspecified atom stereocenters. The molecule has 5 rings (SSSR count). The van der Waals surface area contributed by atoms with Crippen LogP contribution in [0.15, 0.2) is 51.9 Å². The van der Waals surface area contributed by atoms with E-state index in [4.69, 9.17) is 23.4 Å². The molecule has 14 heteroatoms. The lowest BCUT2D eigenvalue weighted by molar-refractivity contribution is -0.289. The summed E-state index contributed by atoms with van der Waals surface area (Å²) in [6, 6.07) is 8.31. The Kier molecular flexibility index (Phi) is 7.71. The Morgan fingerprint density at radius 1 is 0.950 bits per heavy atom. The highest BCUT2D eigenvalue weighted by Crippen LogP contribution is 2.37. The van der Waals surface area contributed by atoms with Crippen LogP contribution in [0.25, 0.3) is 22.1 Å². The van der Waals surface area contributed by atoms with Crippen molar-refractivity contribution in [2.45, 2.75) is 48.7 Å². The van der Waals surface area contributed by atoms with Gasteiger partial charge < -0.3 is 64.2 Å². The van der Waals surface area contributed by atoms with Crippen LogP contribution in [0.2, 0.25) is 0 Å². The first-order valence-electron chi connectivity index (χ1n) is 12.2. The summed E-state index contributed by atoms with van der Waals surface area (Å²) in [5, 5.41) is 80.9. The van der Waals surface area contributed by atoms with E-state index in [1.165, 1.54) is 30.3 Å². The lowest BCUT2D eigenvalue weighted by atomic mass is 9.99. The Balaban J connectivity index is 1.38.